The van der Waals surface area contributed by atoms with Crippen molar-refractivity contribution in [1.82, 2.24) is 15.5 Å². The molecule has 6 nitrogen and oxygen atoms in total. The number of ether oxygens (including phenoxy) is 1. The number of fused-ring (bicyclic) bond motifs is 1. The van der Waals surface area contributed by atoms with Crippen LogP contribution in [0.3, 0.4) is 0 Å². The van der Waals surface area contributed by atoms with E-state index < -0.39 is 11.8 Å². The molecule has 0 unspecified atom stereocenters. The van der Waals surface area contributed by atoms with Crippen LogP contribution >= 0.6 is 11.6 Å². The van der Waals surface area contributed by atoms with Gasteiger partial charge in [0, 0.05) is 31.2 Å². The van der Waals surface area contributed by atoms with Crippen LogP contribution in [0.25, 0.3) is 10.8 Å². The highest BCUT2D eigenvalue weighted by Crippen LogP contribution is 2.28. The molecular formula is C25H26ClN3O3. The van der Waals surface area contributed by atoms with E-state index in [1.807, 2.05) is 36.4 Å². The lowest BCUT2D eigenvalue weighted by Crippen LogP contribution is -2.46. The highest BCUT2D eigenvalue weighted by Gasteiger charge is 2.25. The van der Waals surface area contributed by atoms with E-state index in [9.17, 15) is 9.59 Å². The van der Waals surface area contributed by atoms with Crippen LogP contribution in [0.4, 0.5) is 0 Å². The Bertz CT molecular complexity index is 1090. The number of hydrogen-bond acceptors (Lipinski definition) is 4. The Morgan fingerprint density at radius 1 is 0.906 bits per heavy atom. The smallest absolute Gasteiger partial charge is 0.309 e. The maximum absolute atomic E-state index is 12.5. The van der Waals surface area contributed by atoms with Gasteiger partial charge in [0.05, 0.1) is 19.3 Å². The van der Waals surface area contributed by atoms with E-state index in [-0.39, 0.29) is 12.6 Å². The molecule has 0 saturated carbocycles. The van der Waals surface area contributed by atoms with E-state index in [1.54, 1.807) is 6.07 Å². The summed E-state index contributed by atoms with van der Waals surface area (Å²) >= 11 is 6.12. The third-order valence-corrected chi connectivity index (χ3v) is 6.10. The Morgan fingerprint density at radius 3 is 2.41 bits per heavy atom. The Morgan fingerprint density at radius 2 is 1.59 bits per heavy atom. The molecular weight excluding hydrogens is 426 g/mol. The number of nitrogens with zero attached hydrogens (tertiary/aromatic N) is 1. The molecule has 1 heterocycles. The zero-order chi connectivity index (χ0) is 22.3. The van der Waals surface area contributed by atoms with Crippen molar-refractivity contribution in [3.63, 3.8) is 0 Å². The maximum atomic E-state index is 12.5. The number of carbonyl (C=O) groups is 2. The van der Waals surface area contributed by atoms with Crippen LogP contribution < -0.4 is 10.6 Å². The monoisotopic (exact) mass is 451 g/mol. The molecule has 166 valence electrons. The average molecular weight is 452 g/mol. The van der Waals surface area contributed by atoms with Crippen molar-refractivity contribution in [1.29, 1.82) is 0 Å². The van der Waals surface area contributed by atoms with Crippen molar-refractivity contribution in [3.05, 3.63) is 82.9 Å². The van der Waals surface area contributed by atoms with Gasteiger partial charge in [-0.1, -0.05) is 72.3 Å². The first-order chi connectivity index (χ1) is 15.6. The predicted molar refractivity (Wildman–Crippen MR) is 125 cm³/mol. The standard InChI is InChI=1S/C25H26ClN3O3/c26-22-11-4-2-7-19(22)16-27-24(30)25(31)28-17-23(29-12-14-32-15-13-29)21-10-5-8-18-6-1-3-9-20(18)21/h1-11,23H,12-17H2,(H,27,30)(H,28,31)/t23-/m0/s1. The van der Waals surface area contributed by atoms with Gasteiger partial charge < -0.3 is 15.4 Å². The summed E-state index contributed by atoms with van der Waals surface area (Å²) in [7, 11) is 0. The molecule has 0 radical (unpaired) electrons. The third kappa shape index (κ3) is 5.27. The van der Waals surface area contributed by atoms with E-state index in [2.05, 4.69) is 39.8 Å². The lowest BCUT2D eigenvalue weighted by molar-refractivity contribution is -0.139. The summed E-state index contributed by atoms with van der Waals surface area (Å²) in [4.78, 5) is 27.2. The molecule has 0 bridgehead atoms. The number of hydrogen-bond donors (Lipinski definition) is 2. The lowest BCUT2D eigenvalue weighted by Gasteiger charge is -2.35. The fourth-order valence-corrected chi connectivity index (χ4v) is 4.24. The van der Waals surface area contributed by atoms with E-state index >= 15 is 0 Å². The van der Waals surface area contributed by atoms with Gasteiger partial charge in [0.15, 0.2) is 0 Å². The summed E-state index contributed by atoms with van der Waals surface area (Å²) < 4.78 is 5.52. The summed E-state index contributed by atoms with van der Waals surface area (Å²) in [5.74, 6) is -1.33. The minimum atomic E-state index is -0.677. The van der Waals surface area contributed by atoms with Crippen LogP contribution in [0, 0.1) is 0 Å². The maximum Gasteiger partial charge on any atom is 0.309 e. The van der Waals surface area contributed by atoms with Crippen molar-refractivity contribution in [2.45, 2.75) is 12.6 Å². The summed E-state index contributed by atoms with van der Waals surface area (Å²) in [6.45, 7) is 3.35. The van der Waals surface area contributed by atoms with Crippen molar-refractivity contribution >= 4 is 34.2 Å². The normalized spacial score (nSPS) is 15.3. The molecule has 1 fully saturated rings. The molecule has 0 spiro atoms. The van der Waals surface area contributed by atoms with E-state index in [4.69, 9.17) is 16.3 Å². The zero-order valence-electron chi connectivity index (χ0n) is 17.7. The van der Waals surface area contributed by atoms with E-state index in [0.29, 0.717) is 24.8 Å². The second kappa shape index (κ2) is 10.6. The Balaban J connectivity index is 1.46. The molecule has 1 aliphatic rings. The molecule has 2 amide bonds. The largest absolute Gasteiger partial charge is 0.379 e. The number of rotatable bonds is 6. The minimum absolute atomic E-state index is 0.0645. The first kappa shape index (κ1) is 22.3. The summed E-state index contributed by atoms with van der Waals surface area (Å²) in [6, 6.07) is 21.6. The number of benzene rings is 3. The van der Waals surface area contributed by atoms with Gasteiger partial charge in [-0.25, -0.2) is 0 Å². The summed E-state index contributed by atoms with van der Waals surface area (Å²) in [5, 5.41) is 8.31. The van der Waals surface area contributed by atoms with Crippen LogP contribution in [0.15, 0.2) is 66.7 Å². The molecule has 0 aromatic heterocycles. The summed E-state index contributed by atoms with van der Waals surface area (Å²) in [6.07, 6.45) is 0. The lowest BCUT2D eigenvalue weighted by atomic mass is 9.97. The Labute approximate surface area is 192 Å². The number of amides is 2. The molecule has 7 heteroatoms. The van der Waals surface area contributed by atoms with E-state index in [0.717, 1.165) is 35.0 Å². The second-order valence-electron chi connectivity index (χ2n) is 7.72. The Kier molecular flexibility index (Phi) is 7.37. The highest BCUT2D eigenvalue weighted by molar-refractivity contribution is 6.35. The highest BCUT2D eigenvalue weighted by atomic mass is 35.5. The van der Waals surface area contributed by atoms with Crippen molar-refractivity contribution in [2.75, 3.05) is 32.8 Å². The van der Waals surface area contributed by atoms with Crippen LogP contribution in [-0.4, -0.2) is 49.6 Å². The van der Waals surface area contributed by atoms with Gasteiger partial charge in [-0.2, -0.15) is 0 Å². The fraction of sp³-hybridized carbons (Fsp3) is 0.280. The average Bonchev–Trinajstić information content (AvgIpc) is 2.84. The molecule has 3 aromatic carbocycles. The SMILES string of the molecule is O=C(NCc1ccccc1Cl)C(=O)NC[C@@H](c1cccc2ccccc12)N1CCOCC1. The van der Waals surface area contributed by atoms with E-state index in [1.165, 1.54) is 0 Å². The topological polar surface area (TPSA) is 70.7 Å². The number of carbonyl (C=O) groups excluding carboxylic acids is 2. The van der Waals surface area contributed by atoms with Crippen molar-refractivity contribution < 1.29 is 14.3 Å². The molecule has 3 aromatic rings. The van der Waals surface area contributed by atoms with Crippen molar-refractivity contribution in [2.24, 2.45) is 0 Å². The van der Waals surface area contributed by atoms with Gasteiger partial charge in [-0.15, -0.1) is 0 Å². The molecule has 1 saturated heterocycles. The van der Waals surface area contributed by atoms with Gasteiger partial charge in [-0.3, -0.25) is 14.5 Å². The molecule has 4 rings (SSSR count). The van der Waals surface area contributed by atoms with Crippen molar-refractivity contribution in [3.8, 4) is 0 Å². The number of halogens is 1. The number of nitrogens with one attached hydrogen (secondary N) is 2. The van der Waals surface area contributed by atoms with Crippen LogP contribution in [0.1, 0.15) is 17.2 Å². The molecule has 2 N–H and O–H groups in total. The van der Waals surface area contributed by atoms with Crippen LogP contribution in [0.2, 0.25) is 5.02 Å². The van der Waals surface area contributed by atoms with Gasteiger partial charge in [0.25, 0.3) is 0 Å². The number of morpholine rings is 1. The van der Waals surface area contributed by atoms with Gasteiger partial charge in [0.1, 0.15) is 0 Å². The molecule has 0 aliphatic carbocycles. The first-order valence-electron chi connectivity index (χ1n) is 10.7. The molecule has 1 atom stereocenters. The summed E-state index contributed by atoms with van der Waals surface area (Å²) in [5.41, 5.74) is 1.89. The van der Waals surface area contributed by atoms with Gasteiger partial charge in [0.2, 0.25) is 0 Å². The first-order valence-corrected chi connectivity index (χ1v) is 11.1. The predicted octanol–water partition coefficient (Wildman–Crippen LogP) is 3.30. The third-order valence-electron chi connectivity index (χ3n) is 5.73. The zero-order valence-corrected chi connectivity index (χ0v) is 18.5. The molecule has 32 heavy (non-hydrogen) atoms. The molecule has 1 aliphatic heterocycles. The quantitative estimate of drug-likeness (QED) is 0.564. The minimum Gasteiger partial charge on any atom is -0.379 e. The second-order valence-corrected chi connectivity index (χ2v) is 8.12. The van der Waals surface area contributed by atoms with Gasteiger partial charge >= 0.3 is 11.8 Å². The fourth-order valence-electron chi connectivity index (χ4n) is 4.03. The van der Waals surface area contributed by atoms with Crippen LogP contribution in [-0.2, 0) is 20.9 Å². The Hall–Kier alpha value is -2.93. The van der Waals surface area contributed by atoms with Crippen LogP contribution in [0.5, 0.6) is 0 Å². The van der Waals surface area contributed by atoms with Gasteiger partial charge in [-0.05, 0) is 28.0 Å².